The van der Waals surface area contributed by atoms with Gasteiger partial charge in [0.2, 0.25) is 0 Å². The van der Waals surface area contributed by atoms with E-state index >= 15 is 0 Å². The highest BCUT2D eigenvalue weighted by Crippen LogP contribution is 2.30. The number of piperidine rings is 1. The predicted octanol–water partition coefficient (Wildman–Crippen LogP) is 3.60. The molecule has 1 atom stereocenters. The lowest BCUT2D eigenvalue weighted by Crippen LogP contribution is -2.49. The minimum absolute atomic E-state index is 0.0463. The molecule has 1 N–H and O–H groups in total. The first-order valence-corrected chi connectivity index (χ1v) is 10.0. The fourth-order valence-electron chi connectivity index (χ4n) is 3.18. The normalized spacial score (nSPS) is 16.3. The molecule has 0 bridgehead atoms. The summed E-state index contributed by atoms with van der Waals surface area (Å²) in [6, 6.07) is 7.35. The lowest BCUT2D eigenvalue weighted by Gasteiger charge is -2.32. The minimum Gasteiger partial charge on any atom is -0.493 e. The molecule has 2 heterocycles. The first-order valence-electron chi connectivity index (χ1n) is 9.20. The second-order valence-corrected chi connectivity index (χ2v) is 7.46. The molecule has 6 nitrogen and oxygen atoms in total. The average molecular weight is 400 g/mol. The summed E-state index contributed by atoms with van der Waals surface area (Å²) in [5.74, 6) is 1.02. The Bertz CT molecular complexity index is 824. The second-order valence-electron chi connectivity index (χ2n) is 6.45. The highest BCUT2D eigenvalue weighted by molar-refractivity contribution is 7.16. The number of ether oxygens (including phenoxy) is 2. The molecule has 28 heavy (non-hydrogen) atoms. The number of para-hydroxylation sites is 2. The summed E-state index contributed by atoms with van der Waals surface area (Å²) in [5.41, 5.74) is 0.853. The molecular weight excluding hydrogens is 374 g/mol. The molecule has 7 heteroatoms. The Labute approximate surface area is 169 Å². The van der Waals surface area contributed by atoms with Gasteiger partial charge in [-0.2, -0.15) is 0 Å². The lowest BCUT2D eigenvalue weighted by atomic mass is 10.1. The first kappa shape index (κ1) is 19.9. The van der Waals surface area contributed by atoms with E-state index in [1.807, 2.05) is 12.1 Å². The fraction of sp³-hybridized carbons (Fsp3) is 0.333. The highest BCUT2D eigenvalue weighted by Gasteiger charge is 2.24. The molecule has 1 aliphatic heterocycles. The van der Waals surface area contributed by atoms with Crippen molar-refractivity contribution in [2.75, 3.05) is 31.7 Å². The Morgan fingerprint density at radius 2 is 2.14 bits per heavy atom. The number of rotatable bonds is 8. The standard InChI is InChI=1S/C21H25N3O3S/c1-4-16-19(5-2)28-21(23-16)24-12-8-9-15(13-24)22-20(25)14-27-18-11-7-6-10-17(18)26-3/h4-7,10-11,15H,1-2,8-9,12-14H2,3H3,(H,22,25). The lowest BCUT2D eigenvalue weighted by molar-refractivity contribution is -0.123. The van der Waals surface area contributed by atoms with E-state index in [4.69, 9.17) is 9.47 Å². The van der Waals surface area contributed by atoms with Gasteiger partial charge < -0.3 is 19.7 Å². The van der Waals surface area contributed by atoms with Crippen molar-refractivity contribution < 1.29 is 14.3 Å². The third kappa shape index (κ3) is 4.72. The molecule has 1 unspecified atom stereocenters. The van der Waals surface area contributed by atoms with Crippen LogP contribution in [-0.2, 0) is 4.79 Å². The van der Waals surface area contributed by atoms with Crippen molar-refractivity contribution in [3.63, 3.8) is 0 Å². The average Bonchev–Trinajstić information content (AvgIpc) is 3.16. The molecule has 148 valence electrons. The molecule has 0 aliphatic carbocycles. The number of methoxy groups -OCH3 is 1. The zero-order valence-corrected chi connectivity index (χ0v) is 16.8. The van der Waals surface area contributed by atoms with Gasteiger partial charge in [0.15, 0.2) is 23.2 Å². The molecule has 0 spiro atoms. The van der Waals surface area contributed by atoms with Crippen molar-refractivity contribution >= 4 is 34.5 Å². The third-order valence-electron chi connectivity index (χ3n) is 4.53. The number of benzene rings is 1. The summed E-state index contributed by atoms with van der Waals surface area (Å²) in [7, 11) is 1.58. The maximum absolute atomic E-state index is 12.3. The number of carbonyl (C=O) groups is 1. The van der Waals surface area contributed by atoms with Crippen molar-refractivity contribution in [3.05, 3.63) is 48.0 Å². The van der Waals surface area contributed by atoms with Crippen LogP contribution in [0.5, 0.6) is 11.5 Å². The van der Waals surface area contributed by atoms with Crippen LogP contribution in [0.4, 0.5) is 5.13 Å². The van der Waals surface area contributed by atoms with Gasteiger partial charge in [0, 0.05) is 19.1 Å². The Hall–Kier alpha value is -2.80. The molecule has 1 fully saturated rings. The van der Waals surface area contributed by atoms with Crippen LogP contribution in [0.15, 0.2) is 37.4 Å². The molecule has 2 aromatic rings. The zero-order chi connectivity index (χ0) is 19.9. The molecular formula is C21H25N3O3S. The quantitative estimate of drug-likeness (QED) is 0.735. The number of nitrogens with one attached hydrogen (secondary N) is 1. The third-order valence-corrected chi connectivity index (χ3v) is 5.66. The predicted molar refractivity (Wildman–Crippen MR) is 114 cm³/mol. The molecule has 1 aromatic heterocycles. The van der Waals surface area contributed by atoms with Crippen molar-refractivity contribution in [2.45, 2.75) is 18.9 Å². The van der Waals surface area contributed by atoms with Gasteiger partial charge in [-0.1, -0.05) is 36.6 Å². The number of nitrogens with zero attached hydrogens (tertiary/aromatic N) is 2. The Balaban J connectivity index is 1.55. The van der Waals surface area contributed by atoms with Gasteiger partial charge in [0.05, 0.1) is 17.7 Å². The van der Waals surface area contributed by atoms with Crippen LogP contribution >= 0.6 is 11.3 Å². The van der Waals surface area contributed by atoms with Crippen molar-refractivity contribution in [1.82, 2.24) is 10.3 Å². The number of hydrogen-bond donors (Lipinski definition) is 1. The monoisotopic (exact) mass is 399 g/mol. The van der Waals surface area contributed by atoms with E-state index in [9.17, 15) is 4.79 Å². The van der Waals surface area contributed by atoms with E-state index in [1.54, 1.807) is 42.7 Å². The highest BCUT2D eigenvalue weighted by atomic mass is 32.1. The van der Waals surface area contributed by atoms with Crippen molar-refractivity contribution in [1.29, 1.82) is 0 Å². The number of thiazole rings is 1. The molecule has 1 aliphatic rings. The van der Waals surface area contributed by atoms with Crippen LogP contribution < -0.4 is 19.7 Å². The Kier molecular flexibility index (Phi) is 6.71. The van der Waals surface area contributed by atoms with E-state index in [0.29, 0.717) is 11.5 Å². The van der Waals surface area contributed by atoms with Gasteiger partial charge in [0.25, 0.3) is 5.91 Å². The van der Waals surface area contributed by atoms with Crippen molar-refractivity contribution in [3.8, 4) is 11.5 Å². The van der Waals surface area contributed by atoms with Crippen LogP contribution in [0.25, 0.3) is 12.2 Å². The summed E-state index contributed by atoms with van der Waals surface area (Å²) >= 11 is 1.60. The number of aromatic nitrogens is 1. The van der Waals surface area contributed by atoms with Crippen LogP contribution in [0.1, 0.15) is 23.4 Å². The molecule has 1 aromatic carbocycles. The summed E-state index contributed by atoms with van der Waals surface area (Å²) in [6.07, 6.45) is 5.47. The summed E-state index contributed by atoms with van der Waals surface area (Å²) in [4.78, 5) is 20.2. The van der Waals surface area contributed by atoms with Crippen LogP contribution in [-0.4, -0.2) is 43.7 Å². The number of anilines is 1. The maximum Gasteiger partial charge on any atom is 0.258 e. The smallest absolute Gasteiger partial charge is 0.258 e. The van der Waals surface area contributed by atoms with Crippen LogP contribution in [0.3, 0.4) is 0 Å². The Morgan fingerprint density at radius 3 is 2.82 bits per heavy atom. The number of carbonyl (C=O) groups excluding carboxylic acids is 1. The van der Waals surface area contributed by atoms with E-state index in [2.05, 4.69) is 28.4 Å². The molecule has 0 saturated carbocycles. The van der Waals surface area contributed by atoms with Crippen LogP contribution in [0, 0.1) is 0 Å². The fourth-order valence-corrected chi connectivity index (χ4v) is 4.13. The second kappa shape index (κ2) is 9.41. The molecule has 0 radical (unpaired) electrons. The largest absolute Gasteiger partial charge is 0.493 e. The van der Waals surface area contributed by atoms with Crippen molar-refractivity contribution in [2.24, 2.45) is 0 Å². The van der Waals surface area contributed by atoms with E-state index < -0.39 is 0 Å². The molecule has 3 rings (SSSR count). The maximum atomic E-state index is 12.3. The minimum atomic E-state index is -0.143. The number of hydrogen-bond acceptors (Lipinski definition) is 6. The first-order chi connectivity index (χ1) is 13.6. The molecule has 1 saturated heterocycles. The van der Waals surface area contributed by atoms with Gasteiger partial charge in [0.1, 0.15) is 0 Å². The molecule has 1 amide bonds. The Morgan fingerprint density at radius 1 is 1.36 bits per heavy atom. The van der Waals surface area contributed by atoms with Gasteiger partial charge in [-0.15, -0.1) is 0 Å². The summed E-state index contributed by atoms with van der Waals surface area (Å²) in [6.45, 7) is 9.24. The van der Waals surface area contributed by atoms with Gasteiger partial charge in [-0.3, -0.25) is 4.79 Å². The summed E-state index contributed by atoms with van der Waals surface area (Å²) in [5, 5.41) is 4.00. The zero-order valence-electron chi connectivity index (χ0n) is 16.0. The van der Waals surface area contributed by atoms with Crippen LogP contribution in [0.2, 0.25) is 0 Å². The van der Waals surface area contributed by atoms with E-state index in [1.165, 1.54) is 0 Å². The van der Waals surface area contributed by atoms with Gasteiger partial charge in [-0.05, 0) is 37.1 Å². The van der Waals surface area contributed by atoms with Gasteiger partial charge >= 0.3 is 0 Å². The van der Waals surface area contributed by atoms with E-state index in [-0.39, 0.29) is 18.6 Å². The topological polar surface area (TPSA) is 63.7 Å². The number of amides is 1. The summed E-state index contributed by atoms with van der Waals surface area (Å²) < 4.78 is 10.8. The SMILES string of the molecule is C=Cc1nc(N2CCCC(NC(=O)COc3ccccc3OC)C2)sc1C=C. The van der Waals surface area contributed by atoms with Gasteiger partial charge in [-0.25, -0.2) is 4.98 Å². The van der Waals surface area contributed by atoms with E-state index in [0.717, 1.165) is 41.6 Å².